The number of furan rings is 1. The third-order valence-corrected chi connectivity index (χ3v) is 2.06. The SMILES string of the molecule is [N-]=[N+]=NCCNc1ccc2ccoc2c1. The number of anilines is 1. The van der Waals surface area contributed by atoms with Crippen molar-refractivity contribution in [3.05, 3.63) is 41.0 Å². The Kier molecular flexibility index (Phi) is 2.76. The van der Waals surface area contributed by atoms with E-state index in [1.165, 1.54) is 0 Å². The van der Waals surface area contributed by atoms with Crippen LogP contribution in [0, 0.1) is 0 Å². The van der Waals surface area contributed by atoms with Gasteiger partial charge >= 0.3 is 0 Å². The highest BCUT2D eigenvalue weighted by molar-refractivity contribution is 5.80. The fourth-order valence-corrected chi connectivity index (χ4v) is 1.36. The van der Waals surface area contributed by atoms with Crippen LogP contribution in [0.3, 0.4) is 0 Å². The Morgan fingerprint density at radius 1 is 1.40 bits per heavy atom. The van der Waals surface area contributed by atoms with E-state index in [0.29, 0.717) is 13.1 Å². The van der Waals surface area contributed by atoms with Gasteiger partial charge < -0.3 is 9.73 Å². The van der Waals surface area contributed by atoms with Gasteiger partial charge in [-0.2, -0.15) is 0 Å². The molecule has 15 heavy (non-hydrogen) atoms. The van der Waals surface area contributed by atoms with Gasteiger partial charge in [-0.25, -0.2) is 0 Å². The first-order valence-electron chi connectivity index (χ1n) is 4.62. The van der Waals surface area contributed by atoms with Crippen LogP contribution in [0.2, 0.25) is 0 Å². The lowest BCUT2D eigenvalue weighted by molar-refractivity contribution is 0.616. The van der Waals surface area contributed by atoms with Crippen molar-refractivity contribution in [2.45, 2.75) is 0 Å². The number of nitrogens with zero attached hydrogens (tertiary/aromatic N) is 3. The van der Waals surface area contributed by atoms with E-state index in [1.807, 2.05) is 24.3 Å². The molecular weight excluding hydrogens is 192 g/mol. The van der Waals surface area contributed by atoms with E-state index in [4.69, 9.17) is 9.95 Å². The van der Waals surface area contributed by atoms with Crippen LogP contribution in [-0.4, -0.2) is 13.1 Å². The molecule has 76 valence electrons. The summed E-state index contributed by atoms with van der Waals surface area (Å²) in [5.41, 5.74) is 9.91. The minimum absolute atomic E-state index is 0.437. The van der Waals surface area contributed by atoms with E-state index in [0.717, 1.165) is 16.7 Å². The van der Waals surface area contributed by atoms with Crippen LogP contribution in [0.5, 0.6) is 0 Å². The van der Waals surface area contributed by atoms with Gasteiger partial charge in [-0.1, -0.05) is 5.11 Å². The number of nitrogens with one attached hydrogen (secondary N) is 1. The largest absolute Gasteiger partial charge is 0.464 e. The lowest BCUT2D eigenvalue weighted by Gasteiger charge is -2.03. The third kappa shape index (κ3) is 2.21. The molecule has 1 heterocycles. The highest BCUT2D eigenvalue weighted by Gasteiger charge is 1.97. The molecule has 0 saturated heterocycles. The molecule has 0 spiro atoms. The molecular formula is C10H10N4O. The summed E-state index contributed by atoms with van der Waals surface area (Å²) in [6, 6.07) is 7.78. The second-order valence-electron chi connectivity index (χ2n) is 3.05. The number of benzene rings is 1. The van der Waals surface area contributed by atoms with Crippen LogP contribution in [0.15, 0.2) is 40.1 Å². The predicted molar refractivity (Wildman–Crippen MR) is 58.7 cm³/mol. The molecule has 0 bridgehead atoms. The quantitative estimate of drug-likeness (QED) is 0.358. The van der Waals surface area contributed by atoms with Gasteiger partial charge in [0.1, 0.15) is 5.58 Å². The Balaban J connectivity index is 2.04. The van der Waals surface area contributed by atoms with Crippen LogP contribution in [0.25, 0.3) is 21.4 Å². The van der Waals surface area contributed by atoms with Crippen LogP contribution in [-0.2, 0) is 0 Å². The molecule has 5 nitrogen and oxygen atoms in total. The van der Waals surface area contributed by atoms with Crippen molar-refractivity contribution in [2.75, 3.05) is 18.4 Å². The van der Waals surface area contributed by atoms with Crippen molar-refractivity contribution in [2.24, 2.45) is 5.11 Å². The number of hydrogen-bond donors (Lipinski definition) is 1. The maximum Gasteiger partial charge on any atom is 0.135 e. The Labute approximate surface area is 86.3 Å². The molecule has 0 aliphatic heterocycles. The summed E-state index contributed by atoms with van der Waals surface area (Å²) < 4.78 is 5.26. The van der Waals surface area contributed by atoms with Crippen molar-refractivity contribution in [3.8, 4) is 0 Å². The Hall–Kier alpha value is -2.13. The molecule has 0 aliphatic carbocycles. The number of fused-ring (bicyclic) bond motifs is 1. The second-order valence-corrected chi connectivity index (χ2v) is 3.05. The first-order chi connectivity index (χ1) is 7.40. The molecule has 1 aromatic heterocycles. The molecule has 0 radical (unpaired) electrons. The summed E-state index contributed by atoms with van der Waals surface area (Å²) in [5, 5.41) is 7.65. The van der Waals surface area contributed by atoms with E-state index >= 15 is 0 Å². The molecule has 0 amide bonds. The van der Waals surface area contributed by atoms with Gasteiger partial charge in [0.05, 0.1) is 6.26 Å². The molecule has 0 saturated carbocycles. The zero-order chi connectivity index (χ0) is 10.5. The first kappa shape index (κ1) is 9.43. The third-order valence-electron chi connectivity index (χ3n) is 2.06. The highest BCUT2D eigenvalue weighted by atomic mass is 16.3. The van der Waals surface area contributed by atoms with Crippen molar-refractivity contribution >= 4 is 16.7 Å². The van der Waals surface area contributed by atoms with Gasteiger partial charge in [-0.3, -0.25) is 0 Å². The van der Waals surface area contributed by atoms with Gasteiger partial charge in [-0.15, -0.1) is 0 Å². The minimum Gasteiger partial charge on any atom is -0.464 e. The van der Waals surface area contributed by atoms with Crippen molar-refractivity contribution in [1.82, 2.24) is 0 Å². The van der Waals surface area contributed by atoms with Crippen molar-refractivity contribution in [1.29, 1.82) is 0 Å². The Morgan fingerprint density at radius 2 is 2.33 bits per heavy atom. The summed E-state index contributed by atoms with van der Waals surface area (Å²) in [4.78, 5) is 2.68. The van der Waals surface area contributed by atoms with Crippen molar-refractivity contribution < 1.29 is 4.42 Å². The Bertz CT molecular complexity index is 499. The second kappa shape index (κ2) is 4.39. The monoisotopic (exact) mass is 202 g/mol. The van der Waals surface area contributed by atoms with E-state index < -0.39 is 0 Å². The van der Waals surface area contributed by atoms with E-state index in [9.17, 15) is 0 Å². The summed E-state index contributed by atoms with van der Waals surface area (Å²) in [5.74, 6) is 0. The number of rotatable bonds is 4. The van der Waals surface area contributed by atoms with Gasteiger partial charge in [0, 0.05) is 35.1 Å². The van der Waals surface area contributed by atoms with Gasteiger partial charge in [0.2, 0.25) is 0 Å². The van der Waals surface area contributed by atoms with Crippen molar-refractivity contribution in [3.63, 3.8) is 0 Å². The first-order valence-corrected chi connectivity index (χ1v) is 4.62. The van der Waals surface area contributed by atoms with Crippen LogP contribution < -0.4 is 5.32 Å². The molecule has 2 aromatic rings. The summed E-state index contributed by atoms with van der Waals surface area (Å²) in [6.07, 6.45) is 1.66. The molecule has 0 atom stereocenters. The highest BCUT2D eigenvalue weighted by Crippen LogP contribution is 2.19. The smallest absolute Gasteiger partial charge is 0.135 e. The molecule has 1 aromatic carbocycles. The molecule has 0 fully saturated rings. The van der Waals surface area contributed by atoms with Crippen LogP contribution >= 0.6 is 0 Å². The lowest BCUT2D eigenvalue weighted by Crippen LogP contribution is -2.03. The fraction of sp³-hybridized carbons (Fsp3) is 0.200. The Morgan fingerprint density at radius 3 is 3.20 bits per heavy atom. The standard InChI is InChI=1S/C10H10N4O/c11-14-13-5-4-12-9-2-1-8-3-6-15-10(8)7-9/h1-3,6-7,12H,4-5H2. The normalized spacial score (nSPS) is 9.87. The lowest BCUT2D eigenvalue weighted by atomic mass is 10.2. The van der Waals surface area contributed by atoms with E-state index in [2.05, 4.69) is 15.3 Å². The van der Waals surface area contributed by atoms with E-state index in [1.54, 1.807) is 6.26 Å². The molecule has 1 N–H and O–H groups in total. The minimum atomic E-state index is 0.437. The van der Waals surface area contributed by atoms with Crippen LogP contribution in [0.1, 0.15) is 0 Å². The fourth-order valence-electron chi connectivity index (χ4n) is 1.36. The maximum atomic E-state index is 8.09. The molecule has 0 aliphatic rings. The topological polar surface area (TPSA) is 73.9 Å². The average Bonchev–Trinajstić information content (AvgIpc) is 2.71. The molecule has 2 rings (SSSR count). The number of hydrogen-bond acceptors (Lipinski definition) is 3. The zero-order valence-corrected chi connectivity index (χ0v) is 8.05. The van der Waals surface area contributed by atoms with E-state index in [-0.39, 0.29) is 0 Å². The molecule has 5 heteroatoms. The summed E-state index contributed by atoms with van der Waals surface area (Å²) in [6.45, 7) is 1.06. The van der Waals surface area contributed by atoms with Gasteiger partial charge in [0.25, 0.3) is 0 Å². The number of azide groups is 1. The maximum absolute atomic E-state index is 8.09. The summed E-state index contributed by atoms with van der Waals surface area (Å²) in [7, 11) is 0. The average molecular weight is 202 g/mol. The predicted octanol–water partition coefficient (Wildman–Crippen LogP) is 3.16. The zero-order valence-electron chi connectivity index (χ0n) is 8.05. The molecule has 0 unspecified atom stereocenters. The summed E-state index contributed by atoms with van der Waals surface area (Å²) >= 11 is 0. The van der Waals surface area contributed by atoms with Gasteiger partial charge in [0.15, 0.2) is 0 Å². The van der Waals surface area contributed by atoms with Crippen LogP contribution in [0.4, 0.5) is 5.69 Å². The van der Waals surface area contributed by atoms with Gasteiger partial charge in [-0.05, 0) is 23.7 Å².